The van der Waals surface area contributed by atoms with E-state index < -0.39 is 0 Å². The smallest absolute Gasteiger partial charge is 0.0791 e. The van der Waals surface area contributed by atoms with Crippen molar-refractivity contribution >= 4 is 43.0 Å². The summed E-state index contributed by atoms with van der Waals surface area (Å²) in [6, 6.07) is 13.8. The van der Waals surface area contributed by atoms with Crippen molar-refractivity contribution in [1.29, 1.82) is 0 Å². The number of hydrogen-bond donors (Lipinski definition) is 0. The molecule has 0 amide bonds. The van der Waals surface area contributed by atoms with Crippen molar-refractivity contribution in [2.45, 2.75) is 34.1 Å². The van der Waals surface area contributed by atoms with E-state index in [9.17, 15) is 0 Å². The molecule has 25 heavy (non-hydrogen) atoms. The van der Waals surface area contributed by atoms with Crippen LogP contribution in [0.1, 0.15) is 37.5 Å². The Hall–Kier alpha value is -0.736. The third-order valence-corrected chi connectivity index (χ3v) is 5.24. The zero-order chi connectivity index (χ0) is 17.5. The van der Waals surface area contributed by atoms with Crippen LogP contribution in [0, 0.1) is 19.9 Å². The number of aromatic nitrogens is 1. The van der Waals surface area contributed by atoms with Gasteiger partial charge in [0.2, 0.25) is 0 Å². The largest absolute Gasteiger partial charge is 0.258 e. The van der Waals surface area contributed by atoms with E-state index in [0.717, 1.165) is 17.5 Å². The Morgan fingerprint density at radius 2 is 1.88 bits per heavy atom. The van der Waals surface area contributed by atoms with Crippen LogP contribution in [0.25, 0.3) is 20.3 Å². The van der Waals surface area contributed by atoms with E-state index in [4.69, 9.17) is 0 Å². The van der Waals surface area contributed by atoms with E-state index in [1.54, 1.807) is 22.7 Å². The summed E-state index contributed by atoms with van der Waals surface area (Å²) in [6.07, 6.45) is 1.05. The third-order valence-electron chi connectivity index (χ3n) is 3.56. The predicted octanol–water partition coefficient (Wildman–Crippen LogP) is 7.07. The Labute approximate surface area is 184 Å². The van der Waals surface area contributed by atoms with Crippen LogP contribution >= 0.6 is 22.7 Å². The first-order valence-corrected chi connectivity index (χ1v) is 9.97. The normalized spacial score (nSPS) is 9.60. The fraction of sp³-hybridized carbons (Fsp3) is 0.238. The maximum absolute atomic E-state index is 4.23. The van der Waals surface area contributed by atoms with E-state index in [1.807, 2.05) is 19.4 Å². The molecular weight excluding hydrogens is 419 g/mol. The minimum atomic E-state index is 0. The van der Waals surface area contributed by atoms with E-state index in [0.29, 0.717) is 0 Å². The Balaban J connectivity index is 0.000000222. The summed E-state index contributed by atoms with van der Waals surface area (Å²) < 4.78 is 2.59. The number of fused-ring (bicyclic) bond motifs is 2. The molecule has 0 aliphatic carbocycles. The molecule has 0 unspecified atom stereocenters. The Morgan fingerprint density at radius 3 is 2.60 bits per heavy atom. The zero-order valence-corrected chi connectivity index (χ0v) is 19.8. The van der Waals surface area contributed by atoms with Gasteiger partial charge in [0.05, 0.1) is 5.51 Å². The van der Waals surface area contributed by atoms with Crippen molar-refractivity contribution in [2.24, 2.45) is 0 Å². The number of hydrogen-bond acceptors (Lipinski definition) is 3. The number of thiazole rings is 1. The molecule has 0 spiro atoms. The summed E-state index contributed by atoms with van der Waals surface area (Å²) in [4.78, 5) is 4.23. The van der Waals surface area contributed by atoms with Gasteiger partial charge in [-0.3, -0.25) is 4.98 Å². The minimum Gasteiger partial charge on any atom is -0.258 e. The van der Waals surface area contributed by atoms with Crippen molar-refractivity contribution < 1.29 is 32.7 Å². The summed E-state index contributed by atoms with van der Waals surface area (Å²) in [5.74, 6) is 0. The molecular formula is C21H23NS2Y-2. The fourth-order valence-electron chi connectivity index (χ4n) is 2.34. The molecule has 4 aromatic rings. The van der Waals surface area contributed by atoms with Gasteiger partial charge in [0, 0.05) is 42.9 Å². The monoisotopic (exact) mass is 442 g/mol. The van der Waals surface area contributed by atoms with Crippen LogP contribution < -0.4 is 0 Å². The molecule has 0 atom stereocenters. The number of benzene rings is 2. The number of nitrogens with zero attached hydrogens (tertiary/aromatic N) is 1. The van der Waals surface area contributed by atoms with Crippen LogP contribution in [-0.2, 0) is 39.1 Å². The van der Waals surface area contributed by atoms with Crippen LogP contribution in [-0.4, -0.2) is 4.98 Å². The van der Waals surface area contributed by atoms with Gasteiger partial charge in [0.1, 0.15) is 0 Å². The van der Waals surface area contributed by atoms with Crippen molar-refractivity contribution in [3.8, 4) is 0 Å². The number of aryl methyl sites for hydroxylation is 2. The van der Waals surface area contributed by atoms with Crippen LogP contribution in [0.2, 0.25) is 0 Å². The molecule has 0 aliphatic heterocycles. The van der Waals surface area contributed by atoms with Crippen LogP contribution in [0.3, 0.4) is 0 Å². The predicted molar refractivity (Wildman–Crippen MR) is 110 cm³/mol. The standard InChI is InChI=1S/C10H10NS.C9H7S.C2H6.Y/c1-3-8-5-10-9(4-7(8)2)11-6-12-10;1-7-2-3-9-8(6-7)4-5-10-9;1-2;/h4-6H,2-3H2,1H3;3-6H,1H3;1-2H3;/q2*-1;;. The average molecular weight is 442 g/mol. The van der Waals surface area contributed by atoms with Gasteiger partial charge in [0.15, 0.2) is 0 Å². The molecule has 0 saturated carbocycles. The van der Waals surface area contributed by atoms with Crippen LogP contribution in [0.5, 0.6) is 0 Å². The summed E-state index contributed by atoms with van der Waals surface area (Å²) in [5, 5.41) is 3.44. The van der Waals surface area contributed by atoms with E-state index >= 15 is 0 Å². The van der Waals surface area contributed by atoms with Crippen molar-refractivity contribution in [3.05, 3.63) is 70.9 Å². The maximum Gasteiger partial charge on any atom is 0.0791 e. The van der Waals surface area contributed by atoms with Gasteiger partial charge < -0.3 is 0 Å². The Kier molecular flexibility index (Phi) is 9.88. The van der Waals surface area contributed by atoms with E-state index in [1.165, 1.54) is 25.9 Å². The van der Waals surface area contributed by atoms with Gasteiger partial charge in [-0.25, -0.2) is 11.3 Å². The van der Waals surface area contributed by atoms with Crippen LogP contribution in [0.15, 0.2) is 41.2 Å². The second-order valence-corrected chi connectivity index (χ2v) is 6.98. The van der Waals surface area contributed by atoms with E-state index in [-0.39, 0.29) is 32.7 Å². The third kappa shape index (κ3) is 5.89. The zero-order valence-electron chi connectivity index (χ0n) is 15.3. The molecule has 4 heteroatoms. The molecule has 0 saturated heterocycles. The molecule has 2 heterocycles. The Bertz CT molecular complexity index is 908. The summed E-state index contributed by atoms with van der Waals surface area (Å²) in [6.45, 7) is 12.2. The first-order valence-electron chi connectivity index (χ1n) is 8.21. The quantitative estimate of drug-likeness (QED) is 0.287. The van der Waals surface area contributed by atoms with Gasteiger partial charge in [-0.1, -0.05) is 50.9 Å². The minimum absolute atomic E-state index is 0. The molecule has 4 rings (SSSR count). The van der Waals surface area contributed by atoms with Crippen LogP contribution in [0.4, 0.5) is 0 Å². The summed E-state index contributed by atoms with van der Waals surface area (Å²) >= 11 is 3.45. The molecule has 2 aromatic carbocycles. The van der Waals surface area contributed by atoms with Crippen molar-refractivity contribution in [2.75, 3.05) is 0 Å². The molecule has 0 N–H and O–H groups in total. The summed E-state index contributed by atoms with van der Waals surface area (Å²) in [5.41, 5.74) is 6.60. The topological polar surface area (TPSA) is 12.9 Å². The first kappa shape index (κ1) is 22.3. The SMILES string of the molecule is CC.Cc1[c-]cc2sccc2c1.[CH2-]c1cc2ncsc2cc1CC.[Y]. The second-order valence-electron chi connectivity index (χ2n) is 5.15. The number of rotatable bonds is 1. The second kappa shape index (κ2) is 11.1. The molecule has 2 aromatic heterocycles. The van der Waals surface area contributed by atoms with Gasteiger partial charge in [-0.2, -0.15) is 36.2 Å². The molecule has 1 nitrogen and oxygen atoms in total. The maximum atomic E-state index is 4.23. The molecule has 1 radical (unpaired) electrons. The first-order chi connectivity index (χ1) is 11.7. The average Bonchev–Trinajstić information content (AvgIpc) is 3.24. The van der Waals surface area contributed by atoms with E-state index in [2.05, 4.69) is 67.5 Å². The Morgan fingerprint density at radius 1 is 1.12 bits per heavy atom. The molecule has 129 valence electrons. The van der Waals surface area contributed by atoms with Crippen molar-refractivity contribution in [3.63, 3.8) is 0 Å². The van der Waals surface area contributed by atoms with Gasteiger partial charge >= 0.3 is 0 Å². The fourth-order valence-corrected chi connectivity index (χ4v) is 3.81. The molecule has 0 fully saturated rings. The van der Waals surface area contributed by atoms with Gasteiger partial charge in [-0.15, -0.1) is 28.4 Å². The molecule has 0 bridgehead atoms. The summed E-state index contributed by atoms with van der Waals surface area (Å²) in [7, 11) is 0. The van der Waals surface area contributed by atoms with Crippen molar-refractivity contribution in [1.82, 2.24) is 4.98 Å². The molecule has 0 aliphatic rings. The number of thiophene rings is 1. The van der Waals surface area contributed by atoms with Gasteiger partial charge in [0.25, 0.3) is 0 Å². The van der Waals surface area contributed by atoms with Gasteiger partial charge in [-0.05, 0) is 5.38 Å².